The Hall–Kier alpha value is -1.44. The van der Waals surface area contributed by atoms with Crippen LogP contribution in [0.15, 0.2) is 34.3 Å². The maximum absolute atomic E-state index is 12.1. The van der Waals surface area contributed by atoms with Gasteiger partial charge in [-0.15, -0.1) is 4.28 Å². The molecule has 2 aliphatic carbocycles. The van der Waals surface area contributed by atoms with E-state index in [2.05, 4.69) is 10.7 Å². The fourth-order valence-corrected chi connectivity index (χ4v) is 4.54. The first-order chi connectivity index (χ1) is 11.1. The molecule has 2 saturated carbocycles. The van der Waals surface area contributed by atoms with Crippen LogP contribution in [0.3, 0.4) is 0 Å². The lowest BCUT2D eigenvalue weighted by Crippen LogP contribution is -2.27. The number of aryl methyl sites for hydroxylation is 1. The third kappa shape index (κ3) is 2.77. The van der Waals surface area contributed by atoms with E-state index in [1.807, 2.05) is 6.92 Å². The highest BCUT2D eigenvalue weighted by molar-refractivity contribution is 7.86. The minimum absolute atomic E-state index is 0.0567. The van der Waals surface area contributed by atoms with Gasteiger partial charge in [0.25, 0.3) is 0 Å². The predicted molar refractivity (Wildman–Crippen MR) is 84.1 cm³/mol. The third-order valence-corrected chi connectivity index (χ3v) is 6.21. The molecule has 0 spiro atoms. The van der Waals surface area contributed by atoms with E-state index in [1.165, 1.54) is 31.4 Å². The molecule has 124 valence electrons. The number of ether oxygens (including phenoxy) is 1. The van der Waals surface area contributed by atoms with Crippen molar-refractivity contribution in [1.29, 1.82) is 0 Å². The summed E-state index contributed by atoms with van der Waals surface area (Å²) in [6, 6.07) is 6.50. The molecule has 0 amide bonds. The lowest BCUT2D eigenvalue weighted by atomic mass is 9.80. The van der Waals surface area contributed by atoms with E-state index < -0.39 is 10.1 Å². The molecule has 0 bridgehead atoms. The summed E-state index contributed by atoms with van der Waals surface area (Å²) in [4.78, 5) is 0.110. The Morgan fingerprint density at radius 3 is 2.74 bits per heavy atom. The van der Waals surface area contributed by atoms with E-state index in [9.17, 15) is 8.42 Å². The van der Waals surface area contributed by atoms with Crippen LogP contribution >= 0.6 is 0 Å². The van der Waals surface area contributed by atoms with Gasteiger partial charge in [-0.3, -0.25) is 0 Å². The molecule has 7 heteroatoms. The summed E-state index contributed by atoms with van der Waals surface area (Å²) in [5.74, 6) is 0.952. The standard InChI is InChI=1S/C16H20N2O4S/c1-10-6-8-11(9-7-10)23(19,20)22-18-17-14-12-4-2-3-5-13(12)15-16(14)21-15/h6-9,12-13,15-16,18H,2-5H2,1H3/b17-14+/t12-,13+,15?,16?/m0/s1. The number of benzene rings is 1. The summed E-state index contributed by atoms with van der Waals surface area (Å²) in [5.41, 5.74) is 4.20. The molecule has 23 heavy (non-hydrogen) atoms. The summed E-state index contributed by atoms with van der Waals surface area (Å²) < 4.78 is 34.7. The maximum atomic E-state index is 12.1. The van der Waals surface area contributed by atoms with Gasteiger partial charge in [-0.1, -0.05) is 30.5 Å². The number of hydrogen-bond acceptors (Lipinski definition) is 6. The van der Waals surface area contributed by atoms with Gasteiger partial charge >= 0.3 is 10.1 Å². The summed E-state index contributed by atoms with van der Waals surface area (Å²) in [7, 11) is -3.86. The minimum atomic E-state index is -3.86. The fraction of sp³-hybridized carbons (Fsp3) is 0.562. The van der Waals surface area contributed by atoms with Gasteiger partial charge in [0.2, 0.25) is 0 Å². The van der Waals surface area contributed by atoms with Gasteiger partial charge in [-0.2, -0.15) is 19.1 Å². The van der Waals surface area contributed by atoms with Gasteiger partial charge in [-0.05, 0) is 37.8 Å². The van der Waals surface area contributed by atoms with E-state index in [4.69, 9.17) is 9.02 Å². The zero-order chi connectivity index (χ0) is 16.0. The number of epoxide rings is 1. The van der Waals surface area contributed by atoms with Crippen LogP contribution in [0.4, 0.5) is 0 Å². The second-order valence-corrected chi connectivity index (χ2v) is 8.10. The molecule has 1 heterocycles. The molecule has 2 unspecified atom stereocenters. The molecule has 1 N–H and O–H groups in total. The molecule has 1 aromatic carbocycles. The van der Waals surface area contributed by atoms with Gasteiger partial charge in [0.05, 0.1) is 16.7 Å². The molecule has 4 rings (SSSR count). The second-order valence-electron chi connectivity index (χ2n) is 6.55. The molecule has 1 aromatic rings. The Morgan fingerprint density at radius 1 is 1.22 bits per heavy atom. The average molecular weight is 336 g/mol. The molecule has 3 aliphatic rings. The van der Waals surface area contributed by atoms with Gasteiger partial charge < -0.3 is 4.74 Å². The van der Waals surface area contributed by atoms with Crippen molar-refractivity contribution >= 4 is 15.8 Å². The maximum Gasteiger partial charge on any atom is 0.318 e. The third-order valence-electron chi connectivity index (χ3n) is 5.07. The highest BCUT2D eigenvalue weighted by Crippen LogP contribution is 2.51. The normalized spacial score (nSPS) is 34.0. The van der Waals surface area contributed by atoms with Gasteiger partial charge in [0.1, 0.15) is 6.10 Å². The van der Waals surface area contributed by atoms with Gasteiger partial charge in [-0.25, -0.2) is 0 Å². The predicted octanol–water partition coefficient (Wildman–Crippen LogP) is 2.15. The molecule has 1 aliphatic heterocycles. The topological polar surface area (TPSA) is 80.3 Å². The second kappa shape index (κ2) is 5.58. The van der Waals surface area contributed by atoms with Crippen molar-refractivity contribution in [3.05, 3.63) is 29.8 Å². The van der Waals surface area contributed by atoms with Crippen LogP contribution in [-0.2, 0) is 19.1 Å². The van der Waals surface area contributed by atoms with Crippen molar-refractivity contribution in [2.45, 2.75) is 49.7 Å². The largest absolute Gasteiger partial charge is 0.363 e. The number of rotatable bonds is 4. The highest BCUT2D eigenvalue weighted by Gasteiger charge is 2.60. The Labute approximate surface area is 135 Å². The monoisotopic (exact) mass is 336 g/mol. The number of nitrogens with one attached hydrogen (secondary N) is 1. The van der Waals surface area contributed by atoms with E-state index >= 15 is 0 Å². The van der Waals surface area contributed by atoms with Crippen molar-refractivity contribution in [3.8, 4) is 0 Å². The smallest absolute Gasteiger partial charge is 0.318 e. The Bertz CT molecular complexity index is 729. The Balaban J connectivity index is 1.44. The quantitative estimate of drug-likeness (QED) is 0.673. The van der Waals surface area contributed by atoms with Crippen LogP contribution in [0, 0.1) is 18.8 Å². The molecule has 1 saturated heterocycles. The van der Waals surface area contributed by atoms with E-state index in [-0.39, 0.29) is 17.1 Å². The van der Waals surface area contributed by atoms with Gasteiger partial charge in [0.15, 0.2) is 0 Å². The van der Waals surface area contributed by atoms with Crippen LogP contribution < -0.4 is 5.59 Å². The zero-order valence-corrected chi connectivity index (χ0v) is 13.8. The summed E-state index contributed by atoms with van der Waals surface area (Å²) in [6.45, 7) is 1.90. The van der Waals surface area contributed by atoms with Crippen LogP contribution in [0.25, 0.3) is 0 Å². The first-order valence-corrected chi connectivity index (χ1v) is 9.45. The SMILES string of the molecule is Cc1ccc(S(=O)(=O)ON/N=C2/C3OC3[C@@H]3CCCC[C@H]23)cc1. The number of nitrogens with zero attached hydrogens (tertiary/aromatic N) is 1. The summed E-state index contributed by atoms with van der Waals surface area (Å²) in [6.07, 6.45) is 5.06. The van der Waals surface area contributed by atoms with Crippen molar-refractivity contribution in [2.75, 3.05) is 0 Å². The van der Waals surface area contributed by atoms with Crippen molar-refractivity contribution < 1.29 is 17.4 Å². The highest BCUT2D eigenvalue weighted by atomic mass is 32.2. The molecular weight excluding hydrogens is 316 g/mol. The zero-order valence-electron chi connectivity index (χ0n) is 12.9. The van der Waals surface area contributed by atoms with Crippen molar-refractivity contribution in [3.63, 3.8) is 0 Å². The molecule has 6 nitrogen and oxygen atoms in total. The first-order valence-electron chi connectivity index (χ1n) is 8.04. The molecule has 3 fully saturated rings. The van der Waals surface area contributed by atoms with Crippen molar-refractivity contribution in [1.82, 2.24) is 5.59 Å². The van der Waals surface area contributed by atoms with Crippen LogP contribution in [0.2, 0.25) is 0 Å². The number of hydrazone groups is 1. The van der Waals surface area contributed by atoms with Crippen LogP contribution in [0.5, 0.6) is 0 Å². The first kappa shape index (κ1) is 15.1. The number of hydrogen-bond donors (Lipinski definition) is 1. The number of fused-ring (bicyclic) bond motifs is 3. The van der Waals surface area contributed by atoms with E-state index in [1.54, 1.807) is 12.1 Å². The average Bonchev–Trinajstić information content (AvgIpc) is 3.27. The van der Waals surface area contributed by atoms with Crippen LogP contribution in [0.1, 0.15) is 31.2 Å². The molecule has 0 aromatic heterocycles. The lowest BCUT2D eigenvalue weighted by molar-refractivity contribution is 0.196. The van der Waals surface area contributed by atoms with E-state index in [0.717, 1.165) is 17.7 Å². The summed E-state index contributed by atoms with van der Waals surface area (Å²) in [5, 5.41) is 4.20. The van der Waals surface area contributed by atoms with Crippen LogP contribution in [-0.4, -0.2) is 26.3 Å². The fourth-order valence-electron chi connectivity index (χ4n) is 3.84. The lowest BCUT2D eigenvalue weighted by Gasteiger charge is -2.26. The molecule has 0 radical (unpaired) electrons. The molecular formula is C16H20N2O4S. The molecule has 4 atom stereocenters. The Morgan fingerprint density at radius 2 is 1.96 bits per heavy atom. The van der Waals surface area contributed by atoms with Crippen molar-refractivity contribution in [2.24, 2.45) is 16.9 Å². The Kier molecular flexibility index (Phi) is 3.66. The summed E-state index contributed by atoms with van der Waals surface area (Å²) >= 11 is 0. The van der Waals surface area contributed by atoms with E-state index in [0.29, 0.717) is 11.8 Å². The minimum Gasteiger partial charge on any atom is -0.363 e. The van der Waals surface area contributed by atoms with Gasteiger partial charge in [0, 0.05) is 5.92 Å².